The van der Waals surface area contributed by atoms with Crippen molar-refractivity contribution in [2.75, 3.05) is 7.11 Å². The third-order valence-corrected chi connectivity index (χ3v) is 6.51. The van der Waals surface area contributed by atoms with Crippen LogP contribution in [-0.4, -0.2) is 25.5 Å². The first-order chi connectivity index (χ1) is 4.52. The molecule has 0 radical (unpaired) electrons. The van der Waals surface area contributed by atoms with Crippen LogP contribution in [-0.2, 0) is 4.74 Å². The van der Waals surface area contributed by atoms with Crippen LogP contribution in [0.15, 0.2) is 22.5 Å². The molecule has 0 heterocycles. The van der Waals surface area contributed by atoms with Crippen molar-refractivity contribution >= 4 is 18.4 Å². The van der Waals surface area contributed by atoms with Gasteiger partial charge in [-0.15, -0.1) is 0 Å². The quantitative estimate of drug-likeness (QED) is 0.423. The number of ether oxygens (including phenoxy) is 1. The van der Waals surface area contributed by atoms with Crippen molar-refractivity contribution in [1.82, 2.24) is 0 Å². The molecule has 0 unspecified atom stereocenters. The van der Waals surface area contributed by atoms with Crippen LogP contribution in [0.4, 0.5) is 0 Å². The van der Waals surface area contributed by atoms with Crippen molar-refractivity contribution in [3.8, 4) is 0 Å². The van der Waals surface area contributed by atoms with Crippen LogP contribution in [0.3, 0.4) is 0 Å². The third kappa shape index (κ3) is 3.30. The summed E-state index contributed by atoms with van der Waals surface area (Å²) in [5.74, 6) is 0. The van der Waals surface area contributed by atoms with E-state index in [2.05, 4.69) is 21.4 Å². The molecule has 0 aromatic carbocycles. The van der Waals surface area contributed by atoms with Gasteiger partial charge in [0.25, 0.3) is 0 Å². The molecule has 0 saturated heterocycles. The van der Waals surface area contributed by atoms with Crippen molar-refractivity contribution in [1.29, 1.82) is 0 Å². The number of allylic oxidation sites excluding steroid dienone is 2. The van der Waals surface area contributed by atoms with Crippen LogP contribution in [0.25, 0.3) is 0 Å². The van der Waals surface area contributed by atoms with Gasteiger partial charge in [0, 0.05) is 0 Å². The van der Waals surface area contributed by atoms with Crippen LogP contribution in [0, 0.1) is 0 Å². The van der Waals surface area contributed by atoms with Gasteiger partial charge in [0.05, 0.1) is 0 Å². The molecule has 0 N–H and O–H groups in total. The van der Waals surface area contributed by atoms with Crippen LogP contribution in [0.2, 0.25) is 14.8 Å². The third-order valence-electron chi connectivity index (χ3n) is 1.23. The van der Waals surface area contributed by atoms with Crippen LogP contribution < -0.4 is 0 Å². The Labute approximate surface area is 67.6 Å². The van der Waals surface area contributed by atoms with Gasteiger partial charge < -0.3 is 0 Å². The Bertz CT molecular complexity index is 142. The fourth-order valence-electron chi connectivity index (χ4n) is 0.731. The van der Waals surface area contributed by atoms with Gasteiger partial charge in [-0.25, -0.2) is 0 Å². The molecule has 0 aliphatic rings. The summed E-state index contributed by atoms with van der Waals surface area (Å²) in [6.45, 7) is 3.64. The molecule has 0 aliphatic carbocycles. The summed E-state index contributed by atoms with van der Waals surface area (Å²) >= 11 is -1.92. The van der Waals surface area contributed by atoms with Crippen molar-refractivity contribution in [2.24, 2.45) is 0 Å². The van der Waals surface area contributed by atoms with E-state index in [-0.39, 0.29) is 0 Å². The first-order valence-electron chi connectivity index (χ1n) is 3.39. The Kier molecular flexibility index (Phi) is 4.09. The molecule has 0 rings (SSSR count). The summed E-state index contributed by atoms with van der Waals surface area (Å²) in [7, 11) is 1.73. The van der Waals surface area contributed by atoms with E-state index in [0.717, 1.165) is 0 Å². The summed E-state index contributed by atoms with van der Waals surface area (Å²) in [5.41, 5.74) is 0. The standard InChI is InChI=1S/C5H7O.3CH3.Sn/c1-3-4-5-6-2;;;;/h3-4H,1H2,2H3;3*1H3;. The van der Waals surface area contributed by atoms with E-state index in [0.29, 0.717) is 0 Å². The van der Waals surface area contributed by atoms with Crippen molar-refractivity contribution in [2.45, 2.75) is 14.8 Å². The fourth-order valence-corrected chi connectivity index (χ4v) is 4.24. The van der Waals surface area contributed by atoms with E-state index in [1.165, 1.54) is 3.78 Å². The fraction of sp³-hybridized carbons (Fsp3) is 0.500. The van der Waals surface area contributed by atoms with E-state index < -0.39 is 18.4 Å². The molecule has 0 amide bonds. The zero-order chi connectivity index (χ0) is 8.20. The number of rotatable bonds is 3. The predicted molar refractivity (Wildman–Crippen MR) is 48.6 cm³/mol. The summed E-state index contributed by atoms with van der Waals surface area (Å²) in [5, 5.41) is 0. The molecule has 0 aromatic rings. The van der Waals surface area contributed by atoms with Gasteiger partial charge in [0.1, 0.15) is 0 Å². The predicted octanol–water partition coefficient (Wildman–Crippen LogP) is 2.58. The molecule has 0 aliphatic heterocycles. The van der Waals surface area contributed by atoms with Crippen LogP contribution in [0.5, 0.6) is 0 Å². The zero-order valence-corrected chi connectivity index (χ0v) is 10.1. The van der Waals surface area contributed by atoms with Crippen molar-refractivity contribution in [3.63, 3.8) is 0 Å². The summed E-state index contributed by atoms with van der Waals surface area (Å²) < 4.78 is 6.41. The average Bonchev–Trinajstić information content (AvgIpc) is 1.80. The Morgan fingerprint density at radius 2 is 1.90 bits per heavy atom. The minimum absolute atomic E-state index is 1.17. The van der Waals surface area contributed by atoms with Crippen molar-refractivity contribution < 1.29 is 4.74 Å². The monoisotopic (exact) mass is 248 g/mol. The first kappa shape index (κ1) is 10.1. The Balaban J connectivity index is 4.35. The van der Waals surface area contributed by atoms with E-state index in [4.69, 9.17) is 4.74 Å². The molecule has 1 nitrogen and oxygen atoms in total. The van der Waals surface area contributed by atoms with Gasteiger partial charge in [0.2, 0.25) is 0 Å². The Morgan fingerprint density at radius 3 is 2.00 bits per heavy atom. The van der Waals surface area contributed by atoms with Gasteiger partial charge >= 0.3 is 67.5 Å². The Morgan fingerprint density at radius 1 is 1.40 bits per heavy atom. The number of methoxy groups -OCH3 is 1. The van der Waals surface area contributed by atoms with Gasteiger partial charge in [-0.3, -0.25) is 0 Å². The Hall–Kier alpha value is 0.0787. The number of hydrogen-bond donors (Lipinski definition) is 0. The van der Waals surface area contributed by atoms with E-state index >= 15 is 0 Å². The molecular formula is C8H16OSn. The van der Waals surface area contributed by atoms with Gasteiger partial charge in [-0.05, 0) is 0 Å². The molecule has 0 bridgehead atoms. The maximum atomic E-state index is 5.24. The van der Waals surface area contributed by atoms with Crippen LogP contribution in [0.1, 0.15) is 0 Å². The molecule has 0 spiro atoms. The second-order valence-electron chi connectivity index (χ2n) is 3.22. The molecule has 0 fully saturated rings. The molecular weight excluding hydrogens is 231 g/mol. The second-order valence-corrected chi connectivity index (χ2v) is 17.5. The van der Waals surface area contributed by atoms with Gasteiger partial charge in [-0.1, -0.05) is 0 Å². The SMILES string of the molecule is C=C/C=[C](\OC)[Sn]([CH3])([CH3])[CH3]. The van der Waals surface area contributed by atoms with E-state index in [9.17, 15) is 0 Å². The zero-order valence-electron chi connectivity index (χ0n) is 7.27. The van der Waals surface area contributed by atoms with Crippen molar-refractivity contribution in [3.05, 3.63) is 22.5 Å². The second kappa shape index (κ2) is 4.06. The molecule has 0 atom stereocenters. The summed E-state index contributed by atoms with van der Waals surface area (Å²) in [4.78, 5) is 6.94. The molecule has 0 saturated carbocycles. The number of hydrogen-bond acceptors (Lipinski definition) is 1. The molecule has 58 valence electrons. The minimum atomic E-state index is -1.92. The topological polar surface area (TPSA) is 9.23 Å². The summed E-state index contributed by atoms with van der Waals surface area (Å²) in [6.07, 6.45) is 3.77. The van der Waals surface area contributed by atoms with Gasteiger partial charge in [-0.2, -0.15) is 0 Å². The molecule has 2 heteroatoms. The maximum absolute atomic E-state index is 5.24. The van der Waals surface area contributed by atoms with E-state index in [1.54, 1.807) is 13.2 Å². The molecule has 0 aromatic heterocycles. The molecule has 10 heavy (non-hydrogen) atoms. The normalized spacial score (nSPS) is 13.0. The van der Waals surface area contributed by atoms with E-state index in [1.807, 2.05) is 6.08 Å². The first-order valence-corrected chi connectivity index (χ1v) is 13.4. The van der Waals surface area contributed by atoms with Crippen LogP contribution >= 0.6 is 0 Å². The average molecular weight is 247 g/mol. The van der Waals surface area contributed by atoms with Gasteiger partial charge in [0.15, 0.2) is 0 Å². The summed E-state index contributed by atoms with van der Waals surface area (Å²) in [6, 6.07) is 0.